The number of hydrogen-bond donors (Lipinski definition) is 0. The number of carbonyl (C=O) groups excluding carboxylic acids is 1. The first-order valence-electron chi connectivity index (χ1n) is 9.01. The zero-order chi connectivity index (χ0) is 23.0. The maximum absolute atomic E-state index is 13.1. The van der Waals surface area contributed by atoms with Crippen molar-refractivity contribution in [3.63, 3.8) is 0 Å². The molecule has 1 unspecified atom stereocenters. The molecular weight excluding hydrogens is 424 g/mol. The number of ketones is 1. The fourth-order valence-corrected chi connectivity index (χ4v) is 3.29. The average Bonchev–Trinajstić information content (AvgIpc) is 3.01. The van der Waals surface area contributed by atoms with Crippen LogP contribution in [0.2, 0.25) is 0 Å². The zero-order valence-electron chi connectivity index (χ0n) is 16.1. The molecule has 0 spiro atoms. The number of Topliss-reactive ketones (excluding diaryl/α,β-unsaturated/α-hetero) is 1. The monoisotopic (exact) mass is 439 g/mol. The number of benzene rings is 1. The minimum absolute atomic E-state index is 0.0530. The topological polar surface area (TPSA) is 58.7 Å². The molecule has 0 radical (unpaired) electrons. The van der Waals surface area contributed by atoms with Crippen molar-refractivity contribution >= 4 is 16.8 Å². The summed E-state index contributed by atoms with van der Waals surface area (Å²) in [4.78, 5) is 15.8. The second-order valence-corrected chi connectivity index (χ2v) is 7.07. The Morgan fingerprint density at radius 1 is 1.13 bits per heavy atom. The number of aromatic nitrogens is 2. The van der Waals surface area contributed by atoms with Crippen LogP contribution in [0.1, 0.15) is 29.2 Å². The molecule has 3 rings (SSSR count). The van der Waals surface area contributed by atoms with Gasteiger partial charge < -0.3 is 4.57 Å². The van der Waals surface area contributed by atoms with Crippen molar-refractivity contribution < 1.29 is 31.1 Å². The summed E-state index contributed by atoms with van der Waals surface area (Å²) >= 11 is 0. The van der Waals surface area contributed by atoms with Crippen LogP contribution < -0.4 is 0 Å². The summed E-state index contributed by atoms with van der Waals surface area (Å²) in [7, 11) is 0. The Bertz CT molecular complexity index is 1140. The van der Waals surface area contributed by atoms with Gasteiger partial charge in [-0.15, -0.1) is 0 Å². The van der Waals surface area contributed by atoms with Gasteiger partial charge in [0.05, 0.1) is 17.2 Å². The number of alkyl halides is 6. The van der Waals surface area contributed by atoms with Crippen molar-refractivity contribution in [2.24, 2.45) is 5.92 Å². The number of pyridine rings is 1. The predicted octanol–water partition coefficient (Wildman–Crippen LogP) is 5.39. The second-order valence-electron chi connectivity index (χ2n) is 7.07. The third kappa shape index (κ3) is 4.87. The number of nitrogens with zero attached hydrogens (tertiary/aromatic N) is 3. The Balaban J connectivity index is 2.08. The first kappa shape index (κ1) is 22.3. The standard InChI is InChI=1S/C21H15F6N3O/c1-12(31)14(9-28)7-15-11-30(19-18(15)3-2-4-29-19)10-13-5-16(20(22,23)24)8-17(6-13)21(25,26)27/h2-6,8,11,14H,7,10H2,1H3. The number of fused-ring (bicyclic) bond motifs is 1. The summed E-state index contributed by atoms with van der Waals surface area (Å²) in [5, 5.41) is 9.74. The van der Waals surface area contributed by atoms with Gasteiger partial charge in [-0.1, -0.05) is 0 Å². The Hall–Kier alpha value is -3.35. The number of hydrogen-bond acceptors (Lipinski definition) is 3. The van der Waals surface area contributed by atoms with Gasteiger partial charge in [0.1, 0.15) is 17.3 Å². The highest BCUT2D eigenvalue weighted by Crippen LogP contribution is 2.36. The summed E-state index contributed by atoms with van der Waals surface area (Å²) in [6.07, 6.45) is -6.90. The van der Waals surface area contributed by atoms with Gasteiger partial charge in [-0.05, 0) is 54.8 Å². The maximum Gasteiger partial charge on any atom is 0.416 e. The lowest BCUT2D eigenvalue weighted by atomic mass is 9.97. The lowest BCUT2D eigenvalue weighted by molar-refractivity contribution is -0.143. The van der Waals surface area contributed by atoms with Crippen LogP contribution in [0, 0.1) is 17.2 Å². The van der Waals surface area contributed by atoms with E-state index in [1.807, 2.05) is 6.07 Å². The first-order chi connectivity index (χ1) is 14.4. The van der Waals surface area contributed by atoms with Crippen molar-refractivity contribution in [2.45, 2.75) is 32.2 Å². The number of halogens is 6. The zero-order valence-corrected chi connectivity index (χ0v) is 16.1. The molecule has 0 aliphatic heterocycles. The van der Waals surface area contributed by atoms with E-state index in [2.05, 4.69) is 4.98 Å². The van der Waals surface area contributed by atoms with E-state index in [1.165, 1.54) is 23.9 Å². The minimum atomic E-state index is -4.94. The van der Waals surface area contributed by atoms with E-state index in [0.29, 0.717) is 28.7 Å². The average molecular weight is 439 g/mol. The normalized spacial score (nSPS) is 13.2. The third-order valence-corrected chi connectivity index (χ3v) is 4.79. The predicted molar refractivity (Wildman–Crippen MR) is 98.8 cm³/mol. The highest BCUT2D eigenvalue weighted by molar-refractivity contribution is 5.84. The fraction of sp³-hybridized carbons (Fsp3) is 0.286. The van der Waals surface area contributed by atoms with Gasteiger partial charge in [-0.25, -0.2) is 4.98 Å². The molecule has 0 bridgehead atoms. The molecule has 3 aromatic rings. The van der Waals surface area contributed by atoms with Gasteiger partial charge in [0, 0.05) is 24.3 Å². The smallest absolute Gasteiger partial charge is 0.328 e. The van der Waals surface area contributed by atoms with E-state index in [9.17, 15) is 36.4 Å². The van der Waals surface area contributed by atoms with Crippen LogP contribution in [0.15, 0.2) is 42.7 Å². The molecular formula is C21H15F6N3O. The van der Waals surface area contributed by atoms with Crippen LogP contribution in [0.4, 0.5) is 26.3 Å². The lowest BCUT2D eigenvalue weighted by Crippen LogP contribution is -2.13. The fourth-order valence-electron chi connectivity index (χ4n) is 3.29. The molecule has 0 aliphatic rings. The molecule has 31 heavy (non-hydrogen) atoms. The van der Waals surface area contributed by atoms with Crippen LogP contribution in [0.25, 0.3) is 11.0 Å². The highest BCUT2D eigenvalue weighted by atomic mass is 19.4. The molecule has 1 aromatic carbocycles. The Morgan fingerprint density at radius 3 is 2.26 bits per heavy atom. The van der Waals surface area contributed by atoms with Crippen LogP contribution in [-0.4, -0.2) is 15.3 Å². The van der Waals surface area contributed by atoms with Gasteiger partial charge in [0.25, 0.3) is 0 Å². The number of carbonyl (C=O) groups is 1. The van der Waals surface area contributed by atoms with E-state index in [1.54, 1.807) is 12.1 Å². The Labute approximate surface area is 172 Å². The van der Waals surface area contributed by atoms with E-state index in [-0.39, 0.29) is 30.4 Å². The first-order valence-corrected chi connectivity index (χ1v) is 9.01. The van der Waals surface area contributed by atoms with E-state index >= 15 is 0 Å². The summed E-state index contributed by atoms with van der Waals surface area (Å²) in [5.74, 6) is -1.27. The summed E-state index contributed by atoms with van der Waals surface area (Å²) < 4.78 is 80.3. The second kappa shape index (κ2) is 8.06. The van der Waals surface area contributed by atoms with Gasteiger partial charge in [-0.2, -0.15) is 31.6 Å². The molecule has 4 nitrogen and oxygen atoms in total. The molecule has 10 heteroatoms. The van der Waals surface area contributed by atoms with E-state index in [4.69, 9.17) is 0 Å². The van der Waals surface area contributed by atoms with Crippen LogP contribution in [-0.2, 0) is 30.1 Å². The molecule has 1 atom stereocenters. The van der Waals surface area contributed by atoms with E-state index < -0.39 is 29.4 Å². The number of rotatable bonds is 5. The van der Waals surface area contributed by atoms with Gasteiger partial charge in [0.2, 0.25) is 0 Å². The Morgan fingerprint density at radius 2 is 1.74 bits per heavy atom. The van der Waals surface area contributed by atoms with Crippen molar-refractivity contribution in [3.8, 4) is 6.07 Å². The number of nitriles is 1. The molecule has 0 aliphatic carbocycles. The summed E-state index contributed by atoms with van der Waals surface area (Å²) in [6, 6.07) is 6.57. The maximum atomic E-state index is 13.1. The van der Waals surface area contributed by atoms with Crippen molar-refractivity contribution in [1.82, 2.24) is 9.55 Å². The van der Waals surface area contributed by atoms with Gasteiger partial charge in [-0.3, -0.25) is 4.79 Å². The lowest BCUT2D eigenvalue weighted by Gasteiger charge is -2.15. The quantitative estimate of drug-likeness (QED) is 0.501. The largest absolute Gasteiger partial charge is 0.416 e. The van der Waals surface area contributed by atoms with Gasteiger partial charge in [0.15, 0.2) is 0 Å². The third-order valence-electron chi connectivity index (χ3n) is 4.79. The Kier molecular flexibility index (Phi) is 5.81. The van der Waals surface area contributed by atoms with Crippen LogP contribution in [0.3, 0.4) is 0 Å². The molecule has 0 saturated carbocycles. The molecule has 0 saturated heterocycles. The molecule has 0 N–H and O–H groups in total. The minimum Gasteiger partial charge on any atom is -0.328 e. The summed E-state index contributed by atoms with van der Waals surface area (Å²) in [5.41, 5.74) is -2.14. The summed E-state index contributed by atoms with van der Waals surface area (Å²) in [6.45, 7) is 0.963. The van der Waals surface area contributed by atoms with Crippen molar-refractivity contribution in [3.05, 3.63) is 65.0 Å². The molecule has 2 heterocycles. The van der Waals surface area contributed by atoms with Crippen molar-refractivity contribution in [1.29, 1.82) is 5.26 Å². The van der Waals surface area contributed by atoms with Crippen molar-refractivity contribution in [2.75, 3.05) is 0 Å². The van der Waals surface area contributed by atoms with E-state index in [0.717, 1.165) is 0 Å². The highest BCUT2D eigenvalue weighted by Gasteiger charge is 2.37. The molecule has 2 aromatic heterocycles. The molecule has 162 valence electrons. The van der Waals surface area contributed by atoms with Crippen LogP contribution >= 0.6 is 0 Å². The molecule has 0 fully saturated rings. The van der Waals surface area contributed by atoms with Crippen LogP contribution in [0.5, 0.6) is 0 Å². The van der Waals surface area contributed by atoms with Gasteiger partial charge >= 0.3 is 12.4 Å². The SMILES string of the molecule is CC(=O)C(C#N)Cc1cn(Cc2cc(C(F)(F)F)cc(C(F)(F)F)c2)c2ncccc12. The molecule has 0 amide bonds.